The van der Waals surface area contributed by atoms with Gasteiger partial charge in [-0.1, -0.05) is 83.9 Å². The highest BCUT2D eigenvalue weighted by molar-refractivity contribution is 7.92. The molecule has 7 nitrogen and oxygen atoms in total. The number of sulfonamides is 1. The molecule has 2 amide bonds. The molecule has 0 bridgehead atoms. The predicted molar refractivity (Wildman–Crippen MR) is 181 cm³/mol. The quantitative estimate of drug-likeness (QED) is 0.172. The van der Waals surface area contributed by atoms with E-state index in [4.69, 9.17) is 23.2 Å². The third-order valence-corrected chi connectivity index (χ3v) is 9.73. The van der Waals surface area contributed by atoms with Gasteiger partial charge in [0.1, 0.15) is 12.6 Å². The van der Waals surface area contributed by atoms with Gasteiger partial charge in [-0.15, -0.1) is 0 Å². The van der Waals surface area contributed by atoms with Crippen LogP contribution in [0.3, 0.4) is 0 Å². The fourth-order valence-electron chi connectivity index (χ4n) is 4.95. The van der Waals surface area contributed by atoms with E-state index in [2.05, 4.69) is 5.32 Å². The summed E-state index contributed by atoms with van der Waals surface area (Å²) in [4.78, 5) is 29.4. The summed E-state index contributed by atoms with van der Waals surface area (Å²) in [5, 5.41) is 3.29. The van der Waals surface area contributed by atoms with Crippen LogP contribution in [0.25, 0.3) is 0 Å². The number of hydrogen-bond donors (Lipinski definition) is 1. The van der Waals surface area contributed by atoms with Crippen molar-refractivity contribution in [3.8, 4) is 0 Å². The van der Waals surface area contributed by atoms with E-state index in [9.17, 15) is 31.2 Å². The van der Waals surface area contributed by atoms with Gasteiger partial charge in [-0.25, -0.2) is 8.42 Å². The highest BCUT2D eigenvalue weighted by atomic mass is 35.5. The highest BCUT2D eigenvalue weighted by Crippen LogP contribution is 2.34. The molecule has 254 valence electrons. The Morgan fingerprint density at radius 2 is 1.38 bits per heavy atom. The van der Waals surface area contributed by atoms with E-state index in [0.717, 1.165) is 12.1 Å². The lowest BCUT2D eigenvalue weighted by molar-refractivity contribution is -0.140. The van der Waals surface area contributed by atoms with Crippen LogP contribution >= 0.6 is 23.2 Å². The first-order chi connectivity index (χ1) is 22.5. The van der Waals surface area contributed by atoms with Crippen LogP contribution in [0.1, 0.15) is 37.5 Å². The lowest BCUT2D eigenvalue weighted by atomic mass is 10.0. The number of carbonyl (C=O) groups excluding carboxylic acids is 2. The first-order valence-electron chi connectivity index (χ1n) is 14.8. The molecule has 0 aromatic heterocycles. The zero-order valence-corrected chi connectivity index (χ0v) is 28.7. The molecule has 0 heterocycles. The van der Waals surface area contributed by atoms with Gasteiger partial charge in [0.25, 0.3) is 10.0 Å². The van der Waals surface area contributed by atoms with Crippen molar-refractivity contribution < 1.29 is 31.2 Å². The average molecular weight is 721 g/mol. The Morgan fingerprint density at radius 3 is 1.94 bits per heavy atom. The molecule has 0 radical (unpaired) electrons. The number of nitrogens with zero attached hydrogens (tertiary/aromatic N) is 2. The van der Waals surface area contributed by atoms with Gasteiger partial charge in [-0.2, -0.15) is 13.2 Å². The molecule has 0 saturated carbocycles. The molecule has 48 heavy (non-hydrogen) atoms. The van der Waals surface area contributed by atoms with Crippen LogP contribution in [-0.4, -0.2) is 43.3 Å². The first-order valence-corrected chi connectivity index (χ1v) is 17.0. The number of hydrogen-bond acceptors (Lipinski definition) is 4. The number of rotatable bonds is 11. The molecule has 4 rings (SSSR count). The first kappa shape index (κ1) is 36.8. The molecule has 4 aromatic rings. The smallest absolute Gasteiger partial charge is 0.350 e. The SMILES string of the molecule is CC(C)(C)NC(=O)C(Cc1ccccc1)N(Cc1c(Cl)cccc1Cl)C(=O)CN(c1cccc(C(F)(F)F)c1)S(=O)(=O)c1ccccc1. The maximum absolute atomic E-state index is 14.5. The normalized spacial score (nSPS) is 12.7. The minimum absolute atomic E-state index is 0.0194. The number of anilines is 1. The third-order valence-electron chi connectivity index (χ3n) is 7.23. The summed E-state index contributed by atoms with van der Waals surface area (Å²) in [6, 6.07) is 23.1. The van der Waals surface area contributed by atoms with E-state index in [1.165, 1.54) is 35.2 Å². The predicted octanol–water partition coefficient (Wildman–Crippen LogP) is 7.76. The van der Waals surface area contributed by atoms with E-state index >= 15 is 0 Å². The van der Waals surface area contributed by atoms with Crippen LogP contribution in [0, 0.1) is 0 Å². The number of nitrogens with one attached hydrogen (secondary N) is 1. The van der Waals surface area contributed by atoms with E-state index < -0.39 is 57.4 Å². The number of amides is 2. The molecule has 0 saturated heterocycles. The number of benzene rings is 4. The summed E-state index contributed by atoms with van der Waals surface area (Å²) in [6.07, 6.45) is -4.77. The summed E-state index contributed by atoms with van der Waals surface area (Å²) >= 11 is 13.0. The second-order valence-corrected chi connectivity index (χ2v) is 14.7. The zero-order valence-electron chi connectivity index (χ0n) is 26.3. The number of carbonyl (C=O) groups is 2. The Hall–Kier alpha value is -4.06. The minimum Gasteiger partial charge on any atom is -0.350 e. The minimum atomic E-state index is -4.79. The molecule has 1 atom stereocenters. The molecule has 1 unspecified atom stereocenters. The van der Waals surface area contributed by atoms with Crippen LogP contribution in [0.15, 0.2) is 108 Å². The van der Waals surface area contributed by atoms with E-state index in [1.54, 1.807) is 75.4 Å². The van der Waals surface area contributed by atoms with Crippen LogP contribution in [0.2, 0.25) is 10.0 Å². The largest absolute Gasteiger partial charge is 0.416 e. The maximum atomic E-state index is 14.5. The molecule has 0 aliphatic heterocycles. The average Bonchev–Trinajstić information content (AvgIpc) is 3.02. The Balaban J connectivity index is 1.88. The Bertz CT molecular complexity index is 1830. The Kier molecular flexibility index (Phi) is 11.5. The molecule has 0 aliphatic rings. The van der Waals surface area contributed by atoms with Gasteiger partial charge in [0.2, 0.25) is 11.8 Å². The fraction of sp³-hybridized carbons (Fsp3) is 0.257. The molecular weight excluding hydrogens is 686 g/mol. The molecule has 1 N–H and O–H groups in total. The molecule has 4 aromatic carbocycles. The van der Waals surface area contributed by atoms with Crippen LogP contribution in [0.5, 0.6) is 0 Å². The van der Waals surface area contributed by atoms with Crippen LogP contribution in [-0.2, 0) is 38.8 Å². The van der Waals surface area contributed by atoms with Gasteiger partial charge in [0.05, 0.1) is 16.1 Å². The van der Waals surface area contributed by atoms with Crippen molar-refractivity contribution in [2.24, 2.45) is 0 Å². The lowest BCUT2D eigenvalue weighted by Crippen LogP contribution is -2.56. The standard InChI is InChI=1S/C35H34Cl2F3N3O4S/c1-34(2,3)41-33(45)31(20-24-12-6-4-7-13-24)42(22-28-29(36)18-11-19-30(28)37)32(44)23-43(48(46,47)27-16-8-5-9-17-27)26-15-10-14-25(21-26)35(38,39)40/h4-19,21,31H,20,22-23H2,1-3H3,(H,41,45). The Labute approximate surface area is 288 Å². The van der Waals surface area contributed by atoms with E-state index in [-0.39, 0.29) is 27.9 Å². The second kappa shape index (κ2) is 15.0. The molecule has 13 heteroatoms. The zero-order chi connectivity index (χ0) is 35.3. The topological polar surface area (TPSA) is 86.8 Å². The number of halogens is 5. The van der Waals surface area contributed by atoms with E-state index in [0.29, 0.717) is 21.5 Å². The number of alkyl halides is 3. The fourth-order valence-corrected chi connectivity index (χ4v) is 6.89. The van der Waals surface area contributed by atoms with Crippen LogP contribution in [0.4, 0.5) is 18.9 Å². The summed E-state index contributed by atoms with van der Waals surface area (Å²) < 4.78 is 70.1. The van der Waals surface area contributed by atoms with Gasteiger partial charge >= 0.3 is 6.18 Å². The van der Waals surface area contributed by atoms with Gasteiger partial charge in [-0.3, -0.25) is 13.9 Å². The van der Waals surface area contributed by atoms with Gasteiger partial charge < -0.3 is 10.2 Å². The van der Waals surface area contributed by atoms with E-state index in [1.807, 2.05) is 0 Å². The summed E-state index contributed by atoms with van der Waals surface area (Å²) in [5.41, 5.74) is -1.22. The van der Waals surface area contributed by atoms with Crippen molar-refractivity contribution in [2.45, 2.75) is 56.4 Å². The molecular formula is C35H34Cl2F3N3O4S. The van der Waals surface area contributed by atoms with Crippen molar-refractivity contribution in [1.29, 1.82) is 0 Å². The molecule has 0 fully saturated rings. The highest BCUT2D eigenvalue weighted by Gasteiger charge is 2.37. The lowest BCUT2D eigenvalue weighted by Gasteiger charge is -2.35. The second-order valence-electron chi connectivity index (χ2n) is 12.0. The third kappa shape index (κ3) is 9.30. The van der Waals surface area contributed by atoms with Crippen molar-refractivity contribution in [3.05, 3.63) is 130 Å². The van der Waals surface area contributed by atoms with Gasteiger partial charge in [0.15, 0.2) is 0 Å². The molecule has 0 aliphatic carbocycles. The van der Waals surface area contributed by atoms with Crippen molar-refractivity contribution in [1.82, 2.24) is 10.2 Å². The summed E-state index contributed by atoms with van der Waals surface area (Å²) in [5.74, 6) is -1.42. The van der Waals surface area contributed by atoms with Gasteiger partial charge in [-0.05, 0) is 68.8 Å². The summed E-state index contributed by atoms with van der Waals surface area (Å²) in [6.45, 7) is 4.04. The summed E-state index contributed by atoms with van der Waals surface area (Å²) in [7, 11) is -4.60. The Morgan fingerprint density at radius 1 is 0.812 bits per heavy atom. The van der Waals surface area contributed by atoms with Crippen molar-refractivity contribution >= 4 is 50.7 Å². The van der Waals surface area contributed by atoms with Crippen LogP contribution < -0.4 is 9.62 Å². The van der Waals surface area contributed by atoms with Crippen molar-refractivity contribution in [2.75, 3.05) is 10.8 Å². The van der Waals surface area contributed by atoms with Crippen molar-refractivity contribution in [3.63, 3.8) is 0 Å². The van der Waals surface area contributed by atoms with Gasteiger partial charge in [0, 0.05) is 34.1 Å². The maximum Gasteiger partial charge on any atom is 0.416 e. The molecule has 0 spiro atoms. The monoisotopic (exact) mass is 719 g/mol.